The van der Waals surface area contributed by atoms with Gasteiger partial charge in [0.2, 0.25) is 11.8 Å². The number of carbonyl (C=O) groups is 2. The van der Waals surface area contributed by atoms with Crippen LogP contribution < -0.4 is 5.32 Å². The van der Waals surface area contributed by atoms with Gasteiger partial charge >= 0.3 is 12.1 Å². The molecule has 0 bridgehead atoms. The molecule has 0 aliphatic heterocycles. The number of anilines is 1. The molecule has 1 fully saturated rings. The molecule has 2 aromatic carbocycles. The van der Waals surface area contributed by atoms with E-state index in [0.717, 1.165) is 5.02 Å². The first-order valence-corrected chi connectivity index (χ1v) is 11.4. The zero-order chi connectivity index (χ0) is 26.3. The highest BCUT2D eigenvalue weighted by atomic mass is 35.5. The summed E-state index contributed by atoms with van der Waals surface area (Å²) in [6.07, 6.45) is -8.02. The van der Waals surface area contributed by atoms with Crippen LogP contribution in [0.25, 0.3) is 0 Å². The lowest BCUT2D eigenvalue weighted by Gasteiger charge is -2.47. The average molecular weight is 540 g/mol. The fourth-order valence-electron chi connectivity index (χ4n) is 3.69. The molecule has 3 rings (SSSR count). The van der Waals surface area contributed by atoms with E-state index in [2.05, 4.69) is 5.32 Å². The second-order valence-electron chi connectivity index (χ2n) is 8.13. The molecule has 1 saturated carbocycles. The van der Waals surface area contributed by atoms with Crippen LogP contribution in [0.5, 0.6) is 0 Å². The molecule has 1 N–H and O–H groups in total. The summed E-state index contributed by atoms with van der Waals surface area (Å²) in [5.41, 5.74) is -0.849. The topological polar surface area (TPSA) is 55.4 Å². The van der Waals surface area contributed by atoms with E-state index in [1.807, 2.05) is 30.3 Å². The summed E-state index contributed by atoms with van der Waals surface area (Å²) >= 11 is 11.5. The number of alkyl halides is 5. The van der Waals surface area contributed by atoms with Crippen molar-refractivity contribution in [3.8, 4) is 0 Å². The van der Waals surface area contributed by atoms with Gasteiger partial charge in [-0.3, -0.25) is 9.59 Å². The quantitative estimate of drug-likeness (QED) is 0.291. The molecule has 192 valence electrons. The third-order valence-corrected chi connectivity index (χ3v) is 5.79. The maximum Gasteiger partial charge on any atom is 0.389 e. The molecular weight excluding hydrogens is 516 g/mol. The predicted octanol–water partition coefficient (Wildman–Crippen LogP) is 7.58. The zero-order valence-corrected chi connectivity index (χ0v) is 20.2. The second kappa shape index (κ2) is 12.0. The van der Waals surface area contributed by atoms with Gasteiger partial charge in [-0.2, -0.15) is 13.2 Å². The van der Waals surface area contributed by atoms with Crippen LogP contribution in [0.4, 0.5) is 27.6 Å². The number of esters is 1. The molecule has 0 radical (unpaired) electrons. The van der Waals surface area contributed by atoms with Gasteiger partial charge in [0.05, 0.1) is 30.2 Å². The van der Waals surface area contributed by atoms with Gasteiger partial charge < -0.3 is 10.1 Å². The minimum Gasteiger partial charge on any atom is -0.466 e. The van der Waals surface area contributed by atoms with Crippen molar-refractivity contribution in [2.75, 3.05) is 11.9 Å². The van der Waals surface area contributed by atoms with Crippen molar-refractivity contribution in [3.05, 3.63) is 64.1 Å². The van der Waals surface area contributed by atoms with Gasteiger partial charge in [-0.05, 0) is 36.8 Å². The Labute approximate surface area is 209 Å². The van der Waals surface area contributed by atoms with Crippen molar-refractivity contribution in [2.24, 2.45) is 0 Å². The maximum atomic E-state index is 13.6. The minimum atomic E-state index is -4.48. The summed E-state index contributed by atoms with van der Waals surface area (Å²) in [7, 11) is 0. The second-order valence-corrected chi connectivity index (χ2v) is 8.97. The first-order chi connectivity index (χ1) is 16.3. The van der Waals surface area contributed by atoms with Crippen molar-refractivity contribution in [1.82, 2.24) is 0 Å². The molecule has 1 aliphatic carbocycles. The van der Waals surface area contributed by atoms with Crippen LogP contribution in [0.3, 0.4) is 0 Å². The van der Waals surface area contributed by atoms with Crippen LogP contribution in [0.1, 0.15) is 44.6 Å². The van der Waals surface area contributed by atoms with Gasteiger partial charge in [0.15, 0.2) is 0 Å². The summed E-state index contributed by atoms with van der Waals surface area (Å²) < 4.78 is 68.8. The van der Waals surface area contributed by atoms with Crippen LogP contribution >= 0.6 is 23.2 Å². The van der Waals surface area contributed by atoms with E-state index in [4.69, 9.17) is 27.9 Å². The van der Waals surface area contributed by atoms with Gasteiger partial charge in [0.25, 0.3) is 0 Å². The van der Waals surface area contributed by atoms with E-state index in [9.17, 15) is 31.5 Å². The highest BCUT2D eigenvalue weighted by molar-refractivity contribution is 6.33. The number of rotatable bonds is 7. The molecule has 11 heteroatoms. The van der Waals surface area contributed by atoms with Crippen molar-refractivity contribution in [1.29, 1.82) is 0 Å². The van der Waals surface area contributed by atoms with E-state index in [-0.39, 0.29) is 23.7 Å². The van der Waals surface area contributed by atoms with E-state index >= 15 is 0 Å². The molecular formula is C24H24Cl2F5NO3. The summed E-state index contributed by atoms with van der Waals surface area (Å²) in [5.74, 6) is -4.49. The molecule has 1 amide bonds. The number of hydrogen-bond donors (Lipinski definition) is 1. The number of halogens is 7. The highest BCUT2D eigenvalue weighted by Crippen LogP contribution is 2.56. The molecule has 0 heterocycles. The van der Waals surface area contributed by atoms with Gasteiger partial charge in [0, 0.05) is 29.7 Å². The smallest absolute Gasteiger partial charge is 0.389 e. The van der Waals surface area contributed by atoms with Crippen LogP contribution in [0.2, 0.25) is 10.0 Å². The summed E-state index contributed by atoms with van der Waals surface area (Å²) in [5, 5.41) is 3.11. The monoisotopic (exact) mass is 539 g/mol. The summed E-state index contributed by atoms with van der Waals surface area (Å²) in [6, 6.07) is 13.6. The number of ether oxygens (including phenoxy) is 1. The molecule has 0 spiro atoms. The number of carbonyl (C=O) groups excluding carboxylic acids is 2. The zero-order valence-electron chi connectivity index (χ0n) is 18.7. The Morgan fingerprint density at radius 3 is 2.17 bits per heavy atom. The number of benzene rings is 2. The first-order valence-electron chi connectivity index (χ1n) is 10.7. The van der Waals surface area contributed by atoms with E-state index in [0.29, 0.717) is 5.56 Å². The highest BCUT2D eigenvalue weighted by Gasteiger charge is 2.58. The van der Waals surface area contributed by atoms with Crippen molar-refractivity contribution < 1.29 is 36.3 Å². The van der Waals surface area contributed by atoms with E-state index in [1.54, 1.807) is 6.92 Å². The lowest BCUT2D eigenvalue weighted by atomic mass is 9.60. The molecule has 2 aromatic rings. The molecule has 0 unspecified atom stereocenters. The van der Waals surface area contributed by atoms with Crippen LogP contribution in [-0.4, -0.2) is 30.6 Å². The fourth-order valence-corrected chi connectivity index (χ4v) is 4.00. The third-order valence-electron chi connectivity index (χ3n) is 5.20. The SMILES string of the molecule is CCOC(=O)CC1(c2ccc(Cl)c(NC(=O)CCC(F)(F)F)c2)CC(F)(F)C1.Clc1ccccc1. The van der Waals surface area contributed by atoms with Crippen LogP contribution in [0.15, 0.2) is 48.5 Å². The lowest BCUT2D eigenvalue weighted by Crippen LogP contribution is -2.50. The van der Waals surface area contributed by atoms with E-state index in [1.165, 1.54) is 18.2 Å². The third kappa shape index (κ3) is 9.29. The standard InChI is InChI=1S/C18H19ClF5NO3.C6H5Cl/c1-2-28-15(27)8-16(9-17(20,21)10-16)11-3-4-12(19)13(7-11)25-14(26)5-6-18(22,23)24;7-6-4-2-1-3-5-6/h3-4,7H,2,5-6,8-10H2,1H3,(H,25,26);1-5H. The Balaban J connectivity index is 0.000000527. The predicted molar refractivity (Wildman–Crippen MR) is 124 cm³/mol. The Morgan fingerprint density at radius 2 is 1.69 bits per heavy atom. The lowest BCUT2D eigenvalue weighted by molar-refractivity contribution is -0.158. The minimum absolute atomic E-state index is 0.00444. The van der Waals surface area contributed by atoms with Crippen molar-refractivity contribution >= 4 is 40.8 Å². The number of hydrogen-bond acceptors (Lipinski definition) is 3. The summed E-state index contributed by atoms with van der Waals surface area (Å²) in [6.45, 7) is 1.70. The van der Waals surface area contributed by atoms with Gasteiger partial charge in [-0.1, -0.05) is 47.5 Å². The Hall–Kier alpha value is -2.39. The Bertz CT molecular complexity index is 1010. The van der Waals surface area contributed by atoms with Gasteiger partial charge in [-0.15, -0.1) is 0 Å². The Morgan fingerprint density at radius 1 is 1.06 bits per heavy atom. The molecule has 35 heavy (non-hydrogen) atoms. The van der Waals surface area contributed by atoms with Crippen molar-refractivity contribution in [2.45, 2.75) is 56.5 Å². The molecule has 0 saturated heterocycles. The fraction of sp³-hybridized carbons (Fsp3) is 0.417. The van der Waals surface area contributed by atoms with Crippen molar-refractivity contribution in [3.63, 3.8) is 0 Å². The molecule has 0 aromatic heterocycles. The number of nitrogens with one attached hydrogen (secondary N) is 1. The average Bonchev–Trinajstić information content (AvgIpc) is 2.73. The van der Waals surface area contributed by atoms with E-state index < -0.39 is 55.1 Å². The molecule has 4 nitrogen and oxygen atoms in total. The van der Waals surface area contributed by atoms with Crippen LogP contribution in [0, 0.1) is 0 Å². The normalized spacial score (nSPS) is 15.8. The first kappa shape index (κ1) is 28.8. The Kier molecular flexibility index (Phi) is 9.92. The molecule has 0 atom stereocenters. The van der Waals surface area contributed by atoms with Crippen LogP contribution in [-0.2, 0) is 19.7 Å². The molecule has 1 aliphatic rings. The van der Waals surface area contributed by atoms with Gasteiger partial charge in [0.1, 0.15) is 0 Å². The van der Waals surface area contributed by atoms with Gasteiger partial charge in [-0.25, -0.2) is 8.78 Å². The maximum absolute atomic E-state index is 13.6. The number of amides is 1. The summed E-state index contributed by atoms with van der Waals surface area (Å²) in [4.78, 5) is 23.6. The largest absolute Gasteiger partial charge is 0.466 e.